The van der Waals surface area contributed by atoms with Crippen LogP contribution in [0.25, 0.3) is 0 Å². The van der Waals surface area contributed by atoms with Crippen molar-refractivity contribution in [2.45, 2.75) is 38.6 Å². The van der Waals surface area contributed by atoms with E-state index < -0.39 is 0 Å². The Labute approximate surface area is 103 Å². The highest BCUT2D eigenvalue weighted by Gasteiger charge is 2.30. The molecule has 0 aliphatic carbocycles. The van der Waals surface area contributed by atoms with Crippen LogP contribution < -0.4 is 10.6 Å². The SMILES string of the molecule is CCc1cnn2c1NCCC2C1CCCNC1. The van der Waals surface area contributed by atoms with Crippen molar-refractivity contribution in [3.8, 4) is 0 Å². The Morgan fingerprint density at radius 1 is 1.41 bits per heavy atom. The number of fused-ring (bicyclic) bond motifs is 1. The molecule has 4 heteroatoms. The molecule has 1 fully saturated rings. The summed E-state index contributed by atoms with van der Waals surface area (Å²) in [7, 11) is 0. The van der Waals surface area contributed by atoms with Gasteiger partial charge in [-0.15, -0.1) is 0 Å². The van der Waals surface area contributed by atoms with Crippen molar-refractivity contribution in [2.75, 3.05) is 25.0 Å². The van der Waals surface area contributed by atoms with Gasteiger partial charge in [-0.1, -0.05) is 6.92 Å². The van der Waals surface area contributed by atoms with E-state index >= 15 is 0 Å². The van der Waals surface area contributed by atoms with E-state index in [-0.39, 0.29) is 0 Å². The number of aromatic nitrogens is 2. The van der Waals surface area contributed by atoms with E-state index in [1.807, 2.05) is 6.20 Å². The first-order valence-electron chi connectivity index (χ1n) is 6.91. The number of nitrogens with zero attached hydrogens (tertiary/aromatic N) is 2. The third-order valence-electron chi connectivity index (χ3n) is 4.18. The summed E-state index contributed by atoms with van der Waals surface area (Å²) in [5.74, 6) is 2.03. The topological polar surface area (TPSA) is 41.9 Å². The molecule has 2 atom stereocenters. The van der Waals surface area contributed by atoms with Crippen molar-refractivity contribution in [3.05, 3.63) is 11.8 Å². The lowest BCUT2D eigenvalue weighted by Gasteiger charge is -2.35. The third-order valence-corrected chi connectivity index (χ3v) is 4.18. The number of hydrogen-bond donors (Lipinski definition) is 2. The van der Waals surface area contributed by atoms with Crippen LogP contribution >= 0.6 is 0 Å². The normalized spacial score (nSPS) is 28.5. The molecule has 0 bridgehead atoms. The van der Waals surface area contributed by atoms with Gasteiger partial charge in [0.25, 0.3) is 0 Å². The maximum absolute atomic E-state index is 4.61. The Balaban J connectivity index is 1.85. The minimum absolute atomic E-state index is 0.597. The fraction of sp³-hybridized carbons (Fsp3) is 0.769. The van der Waals surface area contributed by atoms with E-state index in [4.69, 9.17) is 0 Å². The van der Waals surface area contributed by atoms with Gasteiger partial charge in [0.2, 0.25) is 0 Å². The molecule has 1 saturated heterocycles. The second-order valence-electron chi connectivity index (χ2n) is 5.21. The minimum atomic E-state index is 0.597. The predicted octanol–water partition coefficient (Wildman–Crippen LogP) is 1.80. The van der Waals surface area contributed by atoms with Crippen molar-refractivity contribution < 1.29 is 0 Å². The van der Waals surface area contributed by atoms with Crippen LogP contribution in [0.4, 0.5) is 5.82 Å². The van der Waals surface area contributed by atoms with Gasteiger partial charge in [0, 0.05) is 12.1 Å². The molecule has 2 aliphatic rings. The smallest absolute Gasteiger partial charge is 0.127 e. The van der Waals surface area contributed by atoms with E-state index in [0.29, 0.717) is 6.04 Å². The highest BCUT2D eigenvalue weighted by atomic mass is 15.4. The van der Waals surface area contributed by atoms with Gasteiger partial charge >= 0.3 is 0 Å². The maximum Gasteiger partial charge on any atom is 0.127 e. The summed E-state index contributed by atoms with van der Waals surface area (Å²) in [6, 6.07) is 0.597. The number of hydrogen-bond acceptors (Lipinski definition) is 3. The molecule has 2 unspecified atom stereocenters. The van der Waals surface area contributed by atoms with Crippen molar-refractivity contribution in [2.24, 2.45) is 5.92 Å². The molecule has 2 N–H and O–H groups in total. The number of nitrogens with one attached hydrogen (secondary N) is 2. The van der Waals surface area contributed by atoms with E-state index in [9.17, 15) is 0 Å². The van der Waals surface area contributed by atoms with Crippen LogP contribution in [0.5, 0.6) is 0 Å². The second-order valence-corrected chi connectivity index (χ2v) is 5.21. The molecule has 3 rings (SSSR count). The van der Waals surface area contributed by atoms with Gasteiger partial charge < -0.3 is 10.6 Å². The first-order chi connectivity index (χ1) is 8.40. The molecule has 2 aliphatic heterocycles. The lowest BCUT2D eigenvalue weighted by Crippen LogP contribution is -2.38. The monoisotopic (exact) mass is 234 g/mol. The Bertz CT molecular complexity index is 379. The van der Waals surface area contributed by atoms with Crippen molar-refractivity contribution in [1.29, 1.82) is 0 Å². The highest BCUT2D eigenvalue weighted by molar-refractivity contribution is 5.45. The molecule has 0 saturated carbocycles. The summed E-state index contributed by atoms with van der Waals surface area (Å²) in [6.45, 7) is 5.64. The molecule has 94 valence electrons. The fourth-order valence-electron chi connectivity index (χ4n) is 3.21. The van der Waals surface area contributed by atoms with Gasteiger partial charge in [0.1, 0.15) is 5.82 Å². The Hall–Kier alpha value is -1.03. The molecule has 3 heterocycles. The van der Waals surface area contributed by atoms with Crippen LogP contribution in [0, 0.1) is 5.92 Å². The van der Waals surface area contributed by atoms with Gasteiger partial charge in [0.15, 0.2) is 0 Å². The van der Waals surface area contributed by atoms with Crippen LogP contribution in [0.2, 0.25) is 0 Å². The first-order valence-corrected chi connectivity index (χ1v) is 6.91. The minimum Gasteiger partial charge on any atom is -0.370 e. The van der Waals surface area contributed by atoms with Crippen LogP contribution in [0.15, 0.2) is 6.20 Å². The molecule has 0 radical (unpaired) electrons. The van der Waals surface area contributed by atoms with Gasteiger partial charge in [-0.2, -0.15) is 5.10 Å². The number of aryl methyl sites for hydroxylation is 1. The zero-order chi connectivity index (χ0) is 11.7. The van der Waals surface area contributed by atoms with Crippen LogP contribution in [0.3, 0.4) is 0 Å². The molecule has 17 heavy (non-hydrogen) atoms. The Kier molecular flexibility index (Phi) is 3.05. The summed E-state index contributed by atoms with van der Waals surface area (Å²) in [5.41, 5.74) is 1.36. The van der Waals surface area contributed by atoms with Crippen molar-refractivity contribution >= 4 is 5.82 Å². The number of rotatable bonds is 2. The van der Waals surface area contributed by atoms with Gasteiger partial charge in [0.05, 0.1) is 12.2 Å². The molecular formula is C13H22N4. The van der Waals surface area contributed by atoms with Gasteiger partial charge in [-0.3, -0.25) is 0 Å². The van der Waals surface area contributed by atoms with Crippen LogP contribution in [-0.4, -0.2) is 29.4 Å². The van der Waals surface area contributed by atoms with E-state index in [1.54, 1.807) is 0 Å². The van der Waals surface area contributed by atoms with E-state index in [2.05, 4.69) is 27.3 Å². The Morgan fingerprint density at radius 3 is 3.12 bits per heavy atom. The quantitative estimate of drug-likeness (QED) is 0.820. The lowest BCUT2D eigenvalue weighted by molar-refractivity contribution is 0.235. The Morgan fingerprint density at radius 2 is 2.35 bits per heavy atom. The van der Waals surface area contributed by atoms with E-state index in [0.717, 1.165) is 25.4 Å². The van der Waals surface area contributed by atoms with Gasteiger partial charge in [-0.25, -0.2) is 4.68 Å². The average Bonchev–Trinajstić information content (AvgIpc) is 2.82. The molecule has 0 aromatic carbocycles. The zero-order valence-corrected chi connectivity index (χ0v) is 10.6. The highest BCUT2D eigenvalue weighted by Crippen LogP contribution is 2.34. The van der Waals surface area contributed by atoms with Crippen LogP contribution in [0.1, 0.15) is 37.8 Å². The number of piperidine rings is 1. The summed E-state index contributed by atoms with van der Waals surface area (Å²) in [5, 5.41) is 11.6. The second kappa shape index (κ2) is 4.69. The first kappa shape index (κ1) is 11.1. The predicted molar refractivity (Wildman–Crippen MR) is 69.3 cm³/mol. The zero-order valence-electron chi connectivity index (χ0n) is 10.6. The summed E-state index contributed by atoms with van der Waals surface area (Å²) < 4.78 is 2.25. The molecule has 1 aromatic heterocycles. The van der Waals surface area contributed by atoms with Crippen molar-refractivity contribution in [1.82, 2.24) is 15.1 Å². The van der Waals surface area contributed by atoms with Crippen LogP contribution in [-0.2, 0) is 6.42 Å². The number of anilines is 1. The maximum atomic E-state index is 4.61. The molecular weight excluding hydrogens is 212 g/mol. The van der Waals surface area contributed by atoms with Crippen molar-refractivity contribution in [3.63, 3.8) is 0 Å². The molecule has 1 aromatic rings. The lowest BCUT2D eigenvalue weighted by atomic mass is 9.89. The molecule has 4 nitrogen and oxygen atoms in total. The standard InChI is InChI=1S/C13H22N4/c1-2-10-9-16-17-12(5-7-15-13(10)17)11-4-3-6-14-8-11/h9,11-12,14-15H,2-8H2,1H3. The molecule has 0 amide bonds. The van der Waals surface area contributed by atoms with E-state index in [1.165, 1.54) is 37.2 Å². The summed E-state index contributed by atoms with van der Waals surface area (Å²) in [6.07, 6.45) is 6.98. The largest absolute Gasteiger partial charge is 0.370 e. The fourth-order valence-corrected chi connectivity index (χ4v) is 3.21. The third kappa shape index (κ3) is 1.95. The average molecular weight is 234 g/mol. The summed E-state index contributed by atoms with van der Waals surface area (Å²) >= 11 is 0. The van der Waals surface area contributed by atoms with Gasteiger partial charge in [-0.05, 0) is 44.7 Å². The summed E-state index contributed by atoms with van der Waals surface area (Å²) in [4.78, 5) is 0. The molecule has 0 spiro atoms.